The van der Waals surface area contributed by atoms with E-state index >= 15 is 0 Å². The first-order chi connectivity index (χ1) is 13.5. The summed E-state index contributed by atoms with van der Waals surface area (Å²) in [5.41, 5.74) is 1.11. The fourth-order valence-electron chi connectivity index (χ4n) is 3.15. The number of rotatable bonds is 4. The van der Waals surface area contributed by atoms with Crippen molar-refractivity contribution in [3.05, 3.63) is 83.9 Å². The van der Waals surface area contributed by atoms with Gasteiger partial charge in [0, 0.05) is 5.56 Å². The van der Waals surface area contributed by atoms with Gasteiger partial charge in [-0.15, -0.1) is 0 Å². The van der Waals surface area contributed by atoms with Crippen LogP contribution in [0.15, 0.2) is 72.8 Å². The van der Waals surface area contributed by atoms with Crippen molar-refractivity contribution in [2.75, 3.05) is 7.11 Å². The molecule has 4 aromatic carbocycles. The zero-order valence-corrected chi connectivity index (χ0v) is 15.6. The second kappa shape index (κ2) is 7.16. The summed E-state index contributed by atoms with van der Waals surface area (Å²) in [6.07, 6.45) is 0. The molecule has 0 aromatic heterocycles. The maximum atomic E-state index is 12.6. The monoisotopic (exact) mass is 370 g/mol. The first-order valence-electron chi connectivity index (χ1n) is 8.88. The molecule has 4 heteroatoms. The largest absolute Gasteiger partial charge is 0.497 e. The van der Waals surface area contributed by atoms with Gasteiger partial charge in [0.05, 0.1) is 12.7 Å². The van der Waals surface area contributed by atoms with Crippen molar-refractivity contribution in [3.8, 4) is 11.5 Å². The predicted octanol–water partition coefficient (Wildman–Crippen LogP) is 5.42. The number of Topliss-reactive ketones (excluding diaryl/α,β-unsaturated/α-hetero) is 1. The van der Waals surface area contributed by atoms with Crippen LogP contribution in [0.4, 0.5) is 0 Å². The van der Waals surface area contributed by atoms with Crippen molar-refractivity contribution >= 4 is 33.3 Å². The second-order valence-corrected chi connectivity index (χ2v) is 6.60. The Bertz CT molecular complexity index is 1220. The number of hydrogen-bond donors (Lipinski definition) is 0. The number of carbonyl (C=O) groups is 2. The first-order valence-corrected chi connectivity index (χ1v) is 8.88. The number of esters is 1. The number of benzene rings is 4. The lowest BCUT2D eigenvalue weighted by Crippen LogP contribution is -2.08. The smallest absolute Gasteiger partial charge is 0.343 e. The highest BCUT2D eigenvalue weighted by Gasteiger charge is 2.11. The summed E-state index contributed by atoms with van der Waals surface area (Å²) < 4.78 is 10.8. The molecule has 4 rings (SSSR count). The minimum absolute atomic E-state index is 0.0133. The lowest BCUT2D eigenvalue weighted by atomic mass is 10.0. The van der Waals surface area contributed by atoms with Crippen LogP contribution in [0.2, 0.25) is 0 Å². The van der Waals surface area contributed by atoms with Crippen molar-refractivity contribution in [3.63, 3.8) is 0 Å². The van der Waals surface area contributed by atoms with Gasteiger partial charge in [-0.05, 0) is 70.9 Å². The predicted molar refractivity (Wildman–Crippen MR) is 109 cm³/mol. The number of hydrogen-bond acceptors (Lipinski definition) is 4. The summed E-state index contributed by atoms with van der Waals surface area (Å²) in [6.45, 7) is 1.53. The van der Waals surface area contributed by atoms with E-state index in [0.717, 1.165) is 27.3 Å². The molecule has 0 amide bonds. The van der Waals surface area contributed by atoms with Crippen LogP contribution in [-0.4, -0.2) is 18.9 Å². The normalized spacial score (nSPS) is 10.8. The van der Waals surface area contributed by atoms with Gasteiger partial charge in [0.1, 0.15) is 11.5 Å². The van der Waals surface area contributed by atoms with E-state index in [-0.39, 0.29) is 5.78 Å². The molecule has 0 heterocycles. The number of ketones is 1. The van der Waals surface area contributed by atoms with Crippen LogP contribution in [0.5, 0.6) is 11.5 Å². The van der Waals surface area contributed by atoms with Gasteiger partial charge in [-0.1, -0.05) is 30.3 Å². The third-order valence-electron chi connectivity index (χ3n) is 4.71. The Labute approximate surface area is 162 Å². The van der Waals surface area contributed by atoms with Gasteiger partial charge in [0.25, 0.3) is 0 Å². The van der Waals surface area contributed by atoms with E-state index in [0.29, 0.717) is 16.9 Å². The van der Waals surface area contributed by atoms with Gasteiger partial charge >= 0.3 is 5.97 Å². The fraction of sp³-hybridized carbons (Fsp3) is 0.0833. The Morgan fingerprint density at radius 2 is 1.14 bits per heavy atom. The lowest BCUT2D eigenvalue weighted by molar-refractivity contribution is 0.0735. The van der Waals surface area contributed by atoms with Crippen molar-refractivity contribution in [2.24, 2.45) is 0 Å². The molecule has 0 unspecified atom stereocenters. The molecule has 28 heavy (non-hydrogen) atoms. The van der Waals surface area contributed by atoms with Gasteiger partial charge in [0.15, 0.2) is 5.78 Å². The van der Waals surface area contributed by atoms with Gasteiger partial charge in [0.2, 0.25) is 0 Å². The third kappa shape index (κ3) is 3.45. The standard InChI is InChI=1S/C24H18O4/c1-15(25)16-3-4-18-12-21(6-5-17(18)11-16)24(26)28-23-10-8-19-13-22(27-2)9-7-20(19)14-23/h3-14H,1-2H3. The molecule has 0 saturated carbocycles. The summed E-state index contributed by atoms with van der Waals surface area (Å²) in [6, 6.07) is 21.9. The van der Waals surface area contributed by atoms with Crippen molar-refractivity contribution < 1.29 is 19.1 Å². The zero-order valence-electron chi connectivity index (χ0n) is 15.6. The Morgan fingerprint density at radius 3 is 1.79 bits per heavy atom. The molecule has 0 fully saturated rings. The van der Waals surface area contributed by atoms with E-state index in [4.69, 9.17) is 9.47 Å². The van der Waals surface area contributed by atoms with Crippen molar-refractivity contribution in [1.29, 1.82) is 0 Å². The highest BCUT2D eigenvalue weighted by atomic mass is 16.5. The van der Waals surface area contributed by atoms with Gasteiger partial charge in [-0.25, -0.2) is 4.79 Å². The van der Waals surface area contributed by atoms with Crippen LogP contribution in [0.25, 0.3) is 21.5 Å². The Kier molecular flexibility index (Phi) is 4.53. The maximum Gasteiger partial charge on any atom is 0.343 e. The maximum absolute atomic E-state index is 12.6. The van der Waals surface area contributed by atoms with E-state index in [1.54, 1.807) is 31.4 Å². The van der Waals surface area contributed by atoms with Crippen LogP contribution in [0.3, 0.4) is 0 Å². The van der Waals surface area contributed by atoms with Crippen LogP contribution < -0.4 is 9.47 Å². The average Bonchev–Trinajstić information content (AvgIpc) is 2.72. The second-order valence-electron chi connectivity index (χ2n) is 6.60. The van der Waals surface area contributed by atoms with E-state index in [9.17, 15) is 9.59 Å². The van der Waals surface area contributed by atoms with Gasteiger partial charge in [-0.2, -0.15) is 0 Å². The fourth-order valence-corrected chi connectivity index (χ4v) is 3.15. The minimum Gasteiger partial charge on any atom is -0.497 e. The van der Waals surface area contributed by atoms with Crippen LogP contribution >= 0.6 is 0 Å². The lowest BCUT2D eigenvalue weighted by Gasteiger charge is -2.08. The van der Waals surface area contributed by atoms with E-state index in [1.807, 2.05) is 48.5 Å². The van der Waals surface area contributed by atoms with Crippen LogP contribution in [0.1, 0.15) is 27.6 Å². The molecule has 4 nitrogen and oxygen atoms in total. The third-order valence-corrected chi connectivity index (χ3v) is 4.71. The molecule has 4 aromatic rings. The van der Waals surface area contributed by atoms with Crippen LogP contribution in [-0.2, 0) is 0 Å². The van der Waals surface area contributed by atoms with E-state index in [1.165, 1.54) is 6.92 Å². The molecule has 0 atom stereocenters. The molecule has 0 aliphatic heterocycles. The summed E-state index contributed by atoms with van der Waals surface area (Å²) in [5.74, 6) is 0.848. The Morgan fingerprint density at radius 1 is 0.643 bits per heavy atom. The highest BCUT2D eigenvalue weighted by molar-refractivity contribution is 6.01. The van der Waals surface area contributed by atoms with E-state index in [2.05, 4.69) is 0 Å². The average molecular weight is 370 g/mol. The molecule has 0 aliphatic carbocycles. The number of ether oxygens (including phenoxy) is 2. The number of methoxy groups -OCH3 is 1. The quantitative estimate of drug-likeness (QED) is 0.273. The summed E-state index contributed by atoms with van der Waals surface area (Å²) in [5, 5.41) is 3.75. The molecule has 0 N–H and O–H groups in total. The first kappa shape index (κ1) is 17.7. The molecule has 0 aliphatic rings. The number of carbonyl (C=O) groups excluding carboxylic acids is 2. The SMILES string of the molecule is COc1ccc2cc(OC(=O)c3ccc4cc(C(C)=O)ccc4c3)ccc2c1. The highest BCUT2D eigenvalue weighted by Crippen LogP contribution is 2.26. The minimum atomic E-state index is -0.426. The topological polar surface area (TPSA) is 52.6 Å². The molecular weight excluding hydrogens is 352 g/mol. The van der Waals surface area contributed by atoms with Crippen molar-refractivity contribution in [1.82, 2.24) is 0 Å². The van der Waals surface area contributed by atoms with E-state index < -0.39 is 5.97 Å². The Balaban J connectivity index is 1.59. The molecule has 138 valence electrons. The summed E-state index contributed by atoms with van der Waals surface area (Å²) in [4.78, 5) is 24.1. The van der Waals surface area contributed by atoms with Crippen LogP contribution in [0, 0.1) is 0 Å². The summed E-state index contributed by atoms with van der Waals surface area (Å²) in [7, 11) is 1.63. The zero-order chi connectivity index (χ0) is 19.7. The molecule has 0 saturated heterocycles. The molecule has 0 radical (unpaired) electrons. The Hall–Kier alpha value is -3.66. The summed E-state index contributed by atoms with van der Waals surface area (Å²) >= 11 is 0. The van der Waals surface area contributed by atoms with Crippen molar-refractivity contribution in [2.45, 2.75) is 6.92 Å². The molecular formula is C24H18O4. The number of fused-ring (bicyclic) bond motifs is 2. The van der Waals surface area contributed by atoms with Gasteiger partial charge < -0.3 is 9.47 Å². The van der Waals surface area contributed by atoms with Gasteiger partial charge in [-0.3, -0.25) is 4.79 Å². The molecule has 0 spiro atoms. The molecule has 0 bridgehead atoms.